The molecule has 4 nitrogen and oxygen atoms in total. The van der Waals surface area contributed by atoms with E-state index in [0.29, 0.717) is 23.7 Å². The Balaban J connectivity index is 2.20. The summed E-state index contributed by atoms with van der Waals surface area (Å²) < 4.78 is 1.73. The average molecular weight is 304 g/mol. The van der Waals surface area contributed by atoms with E-state index < -0.39 is 0 Å². The second kappa shape index (κ2) is 7.09. The molecule has 0 aliphatic carbocycles. The highest BCUT2D eigenvalue weighted by atomic mass is 35.5. The van der Waals surface area contributed by atoms with Gasteiger partial charge < -0.3 is 4.90 Å². The molecular weight excluding hydrogens is 286 g/mol. The van der Waals surface area contributed by atoms with E-state index in [2.05, 4.69) is 11.7 Å². The van der Waals surface area contributed by atoms with E-state index in [1.165, 1.54) is 0 Å². The normalized spacial score (nSPS) is 10.4. The molecule has 5 heteroatoms. The minimum atomic E-state index is -0.0745. The van der Waals surface area contributed by atoms with Gasteiger partial charge in [0, 0.05) is 30.9 Å². The Labute approximate surface area is 129 Å². The Morgan fingerprint density at radius 3 is 2.86 bits per heavy atom. The molecule has 0 saturated carbocycles. The van der Waals surface area contributed by atoms with E-state index in [-0.39, 0.29) is 5.91 Å². The number of amides is 1. The van der Waals surface area contributed by atoms with Crippen LogP contribution in [0.15, 0.2) is 49.3 Å². The highest BCUT2D eigenvalue weighted by molar-refractivity contribution is 6.31. The van der Waals surface area contributed by atoms with Gasteiger partial charge in [-0.25, -0.2) is 0 Å². The van der Waals surface area contributed by atoms with Gasteiger partial charge >= 0.3 is 0 Å². The van der Waals surface area contributed by atoms with Crippen molar-refractivity contribution in [3.05, 3.63) is 65.5 Å². The monoisotopic (exact) mass is 303 g/mol. The third-order valence-corrected chi connectivity index (χ3v) is 3.53. The van der Waals surface area contributed by atoms with Crippen molar-refractivity contribution in [1.82, 2.24) is 14.7 Å². The summed E-state index contributed by atoms with van der Waals surface area (Å²) in [6, 6.07) is 7.52. The number of nitrogens with zero attached hydrogens (tertiary/aromatic N) is 3. The zero-order valence-electron chi connectivity index (χ0n) is 12.0. The van der Waals surface area contributed by atoms with Crippen molar-refractivity contribution in [2.24, 2.45) is 0 Å². The summed E-state index contributed by atoms with van der Waals surface area (Å²) >= 11 is 6.17. The van der Waals surface area contributed by atoms with Crippen LogP contribution in [0.25, 0.3) is 0 Å². The molecule has 1 aromatic heterocycles. The zero-order valence-corrected chi connectivity index (χ0v) is 12.8. The van der Waals surface area contributed by atoms with E-state index >= 15 is 0 Å². The second-order valence-electron chi connectivity index (χ2n) is 4.65. The topological polar surface area (TPSA) is 38.1 Å². The van der Waals surface area contributed by atoms with Gasteiger partial charge in [-0.15, -0.1) is 6.58 Å². The Kier molecular flexibility index (Phi) is 5.17. The summed E-state index contributed by atoms with van der Waals surface area (Å²) in [4.78, 5) is 14.3. The maximum atomic E-state index is 12.6. The smallest absolute Gasteiger partial charge is 0.257 e. The summed E-state index contributed by atoms with van der Waals surface area (Å²) in [5.74, 6) is -0.0745. The van der Waals surface area contributed by atoms with Crippen LogP contribution in [0.1, 0.15) is 22.8 Å². The summed E-state index contributed by atoms with van der Waals surface area (Å²) in [6.45, 7) is 7.33. The molecule has 0 fully saturated rings. The van der Waals surface area contributed by atoms with Crippen LogP contribution in [-0.4, -0.2) is 27.1 Å². The van der Waals surface area contributed by atoms with Crippen molar-refractivity contribution in [3.8, 4) is 0 Å². The quantitative estimate of drug-likeness (QED) is 0.767. The van der Waals surface area contributed by atoms with Crippen molar-refractivity contribution in [2.75, 3.05) is 6.54 Å². The molecule has 21 heavy (non-hydrogen) atoms. The maximum absolute atomic E-state index is 12.6. The van der Waals surface area contributed by atoms with Gasteiger partial charge in [-0.3, -0.25) is 9.48 Å². The lowest BCUT2D eigenvalue weighted by molar-refractivity contribution is 0.0762. The Morgan fingerprint density at radius 2 is 2.24 bits per heavy atom. The van der Waals surface area contributed by atoms with Crippen molar-refractivity contribution in [3.63, 3.8) is 0 Å². The van der Waals surface area contributed by atoms with Crippen molar-refractivity contribution >= 4 is 17.5 Å². The van der Waals surface area contributed by atoms with E-state index in [0.717, 1.165) is 12.1 Å². The molecule has 0 aliphatic heterocycles. The maximum Gasteiger partial charge on any atom is 0.257 e. The lowest BCUT2D eigenvalue weighted by Gasteiger charge is -2.21. The third-order valence-electron chi connectivity index (χ3n) is 3.16. The molecule has 0 radical (unpaired) electrons. The Morgan fingerprint density at radius 1 is 1.48 bits per heavy atom. The molecule has 0 spiro atoms. The molecule has 0 atom stereocenters. The lowest BCUT2D eigenvalue weighted by atomic mass is 10.2. The average Bonchev–Trinajstić information content (AvgIpc) is 2.97. The fraction of sp³-hybridized carbons (Fsp3) is 0.250. The number of rotatable bonds is 6. The standard InChI is InChI=1S/C16H18ClN3O/c1-3-9-19(11-13-7-5-6-8-15(13)17)16(21)14-10-18-20(4-2)12-14/h3,5-8,10,12H,1,4,9,11H2,2H3. The number of carbonyl (C=O) groups excluding carboxylic acids is 1. The Hall–Kier alpha value is -2.07. The van der Waals surface area contributed by atoms with Crippen LogP contribution < -0.4 is 0 Å². The van der Waals surface area contributed by atoms with Crippen LogP contribution in [0, 0.1) is 0 Å². The van der Waals surface area contributed by atoms with Gasteiger partial charge in [0.25, 0.3) is 5.91 Å². The van der Waals surface area contributed by atoms with Crippen LogP contribution in [0.3, 0.4) is 0 Å². The first-order chi connectivity index (χ1) is 10.2. The van der Waals surface area contributed by atoms with Crippen molar-refractivity contribution < 1.29 is 4.79 Å². The predicted octanol–water partition coefficient (Wildman–Crippen LogP) is 3.38. The number of halogens is 1. The van der Waals surface area contributed by atoms with Crippen molar-refractivity contribution in [2.45, 2.75) is 20.0 Å². The first-order valence-electron chi connectivity index (χ1n) is 6.81. The summed E-state index contributed by atoms with van der Waals surface area (Å²) in [6.07, 6.45) is 5.05. The molecule has 1 aromatic carbocycles. The molecule has 0 aliphatic rings. The van der Waals surface area contributed by atoms with E-state index in [1.54, 1.807) is 28.1 Å². The molecule has 0 unspecified atom stereocenters. The molecule has 110 valence electrons. The van der Waals surface area contributed by atoms with Crippen LogP contribution in [-0.2, 0) is 13.1 Å². The minimum Gasteiger partial charge on any atom is -0.330 e. The van der Waals surface area contributed by atoms with Crippen molar-refractivity contribution in [1.29, 1.82) is 0 Å². The van der Waals surface area contributed by atoms with Gasteiger partial charge in [-0.1, -0.05) is 35.9 Å². The second-order valence-corrected chi connectivity index (χ2v) is 5.06. The first-order valence-corrected chi connectivity index (χ1v) is 7.19. The SMILES string of the molecule is C=CCN(Cc1ccccc1Cl)C(=O)c1cnn(CC)c1. The first kappa shape index (κ1) is 15.3. The van der Waals surface area contributed by atoms with E-state index in [9.17, 15) is 4.79 Å². The molecule has 2 aromatic rings. The van der Waals surface area contributed by atoms with Crippen LogP contribution in [0.5, 0.6) is 0 Å². The lowest BCUT2D eigenvalue weighted by Crippen LogP contribution is -2.30. The summed E-state index contributed by atoms with van der Waals surface area (Å²) in [7, 11) is 0. The third kappa shape index (κ3) is 3.73. The number of hydrogen-bond donors (Lipinski definition) is 0. The van der Waals surface area contributed by atoms with Crippen LogP contribution in [0.2, 0.25) is 5.02 Å². The molecule has 0 N–H and O–H groups in total. The van der Waals surface area contributed by atoms with E-state index in [1.807, 2.05) is 31.2 Å². The molecule has 1 amide bonds. The molecule has 2 rings (SSSR count). The van der Waals surface area contributed by atoms with Crippen LogP contribution >= 0.6 is 11.6 Å². The number of carbonyl (C=O) groups is 1. The summed E-state index contributed by atoms with van der Waals surface area (Å²) in [5, 5.41) is 4.80. The number of hydrogen-bond acceptors (Lipinski definition) is 2. The van der Waals surface area contributed by atoms with Crippen LogP contribution in [0.4, 0.5) is 0 Å². The minimum absolute atomic E-state index is 0.0745. The van der Waals surface area contributed by atoms with Gasteiger partial charge in [0.05, 0.1) is 11.8 Å². The molecule has 0 bridgehead atoms. The molecular formula is C16H18ClN3O. The largest absolute Gasteiger partial charge is 0.330 e. The highest BCUT2D eigenvalue weighted by Gasteiger charge is 2.17. The molecule has 1 heterocycles. The van der Waals surface area contributed by atoms with Gasteiger partial charge in [-0.05, 0) is 18.6 Å². The van der Waals surface area contributed by atoms with Gasteiger partial charge in [0.1, 0.15) is 0 Å². The summed E-state index contributed by atoms with van der Waals surface area (Å²) in [5.41, 5.74) is 1.49. The molecule has 0 saturated heterocycles. The zero-order chi connectivity index (χ0) is 15.2. The van der Waals surface area contributed by atoms with E-state index in [4.69, 9.17) is 11.6 Å². The van der Waals surface area contributed by atoms with Gasteiger partial charge in [0.2, 0.25) is 0 Å². The fourth-order valence-electron chi connectivity index (χ4n) is 2.04. The van der Waals surface area contributed by atoms with Gasteiger partial charge in [0.15, 0.2) is 0 Å². The fourth-order valence-corrected chi connectivity index (χ4v) is 2.23. The number of aromatic nitrogens is 2. The van der Waals surface area contributed by atoms with Gasteiger partial charge in [-0.2, -0.15) is 5.10 Å². The predicted molar refractivity (Wildman–Crippen MR) is 84.3 cm³/mol. The highest BCUT2D eigenvalue weighted by Crippen LogP contribution is 2.18. The number of aryl methyl sites for hydroxylation is 1. The number of benzene rings is 1. The Bertz CT molecular complexity index is 636.